The minimum absolute atomic E-state index is 0.00205. The number of ether oxygens (including phenoxy) is 2. The van der Waals surface area contributed by atoms with E-state index in [4.69, 9.17) is 9.47 Å². The van der Waals surface area contributed by atoms with Gasteiger partial charge in [0.2, 0.25) is 5.91 Å². The van der Waals surface area contributed by atoms with Crippen LogP contribution in [-0.4, -0.2) is 59.0 Å². The van der Waals surface area contributed by atoms with Gasteiger partial charge >= 0.3 is 6.09 Å². The van der Waals surface area contributed by atoms with Crippen molar-refractivity contribution in [2.45, 2.75) is 83.9 Å². The van der Waals surface area contributed by atoms with Crippen LogP contribution in [0.3, 0.4) is 0 Å². The maximum Gasteiger partial charge on any atom is 0.408 e. The Hall–Kier alpha value is -3.40. The van der Waals surface area contributed by atoms with E-state index < -0.39 is 35.6 Å². The Morgan fingerprint density at radius 2 is 1.66 bits per heavy atom. The molecule has 2 atom stereocenters. The molecule has 41 heavy (non-hydrogen) atoms. The number of benzene rings is 2. The molecule has 0 saturated carbocycles. The molecule has 0 bridgehead atoms. The Kier molecular flexibility index (Phi) is 13.8. The topological polar surface area (TPSA) is 117 Å². The SMILES string of the molecule is CCCCCCCCN(C(=O)C(CS)NC(=O)OC(C)(C)C)C(C(=O)Nc1ccc(OC)cc1)c1cccc(O)c1. The predicted molar refractivity (Wildman–Crippen MR) is 165 cm³/mol. The molecular weight excluding hydrogens is 542 g/mol. The molecule has 0 heterocycles. The lowest BCUT2D eigenvalue weighted by atomic mass is 10.0. The first-order valence-corrected chi connectivity index (χ1v) is 14.8. The van der Waals surface area contributed by atoms with Crippen molar-refractivity contribution in [3.05, 3.63) is 54.1 Å². The Morgan fingerprint density at radius 1 is 1.00 bits per heavy atom. The normalized spacial score (nSPS) is 12.6. The van der Waals surface area contributed by atoms with E-state index in [0.717, 1.165) is 32.1 Å². The lowest BCUT2D eigenvalue weighted by Gasteiger charge is -2.34. The molecule has 0 saturated heterocycles. The van der Waals surface area contributed by atoms with E-state index in [1.807, 2.05) is 0 Å². The third-order valence-corrected chi connectivity index (χ3v) is 6.68. The number of rotatable bonds is 15. The maximum absolute atomic E-state index is 14.0. The van der Waals surface area contributed by atoms with Crippen LogP contribution < -0.4 is 15.4 Å². The zero-order valence-corrected chi connectivity index (χ0v) is 25.7. The summed E-state index contributed by atoms with van der Waals surface area (Å²) in [6.45, 7) is 7.61. The highest BCUT2D eigenvalue weighted by Crippen LogP contribution is 2.28. The first-order chi connectivity index (χ1) is 19.5. The fourth-order valence-electron chi connectivity index (χ4n) is 4.32. The molecular formula is C31H45N3O6S. The standard InChI is InChI=1S/C31H45N3O6S/c1-6-7-8-9-10-11-19-34(29(37)26(21-41)33-30(38)40-31(2,3)4)27(22-13-12-14-24(35)20-22)28(36)32-23-15-17-25(39-5)18-16-23/h12-18,20,26-27,35,41H,6-11,19,21H2,1-5H3,(H,32,36)(H,33,38). The van der Waals surface area contributed by atoms with E-state index in [1.54, 1.807) is 64.3 Å². The number of carbonyl (C=O) groups is 3. The van der Waals surface area contributed by atoms with Gasteiger partial charge in [0.05, 0.1) is 7.11 Å². The van der Waals surface area contributed by atoms with Crippen LogP contribution in [0.25, 0.3) is 0 Å². The Bertz CT molecular complexity index is 1120. The van der Waals surface area contributed by atoms with Gasteiger partial charge in [-0.05, 0) is 69.2 Å². The first kappa shape index (κ1) is 33.8. The molecule has 0 spiro atoms. The summed E-state index contributed by atoms with van der Waals surface area (Å²) in [6, 6.07) is 11.0. The summed E-state index contributed by atoms with van der Waals surface area (Å²) in [6.07, 6.45) is 5.15. The van der Waals surface area contributed by atoms with Crippen molar-refractivity contribution in [3.8, 4) is 11.5 Å². The number of carbonyl (C=O) groups excluding carboxylic acids is 3. The highest BCUT2D eigenvalue weighted by atomic mass is 32.1. The second-order valence-electron chi connectivity index (χ2n) is 10.9. The summed E-state index contributed by atoms with van der Waals surface area (Å²) < 4.78 is 10.6. The van der Waals surface area contributed by atoms with Gasteiger partial charge in [-0.15, -0.1) is 0 Å². The number of methoxy groups -OCH3 is 1. The van der Waals surface area contributed by atoms with E-state index in [-0.39, 0.29) is 18.0 Å². The van der Waals surface area contributed by atoms with Crippen LogP contribution in [0.2, 0.25) is 0 Å². The van der Waals surface area contributed by atoms with Gasteiger partial charge in [0.15, 0.2) is 0 Å². The summed E-state index contributed by atoms with van der Waals surface area (Å²) in [5.41, 5.74) is 0.200. The number of unbranched alkanes of at least 4 members (excludes halogenated alkanes) is 5. The van der Waals surface area contributed by atoms with Crippen molar-refractivity contribution in [1.29, 1.82) is 0 Å². The molecule has 2 aromatic rings. The third kappa shape index (κ3) is 11.5. The van der Waals surface area contributed by atoms with Crippen LogP contribution in [0.4, 0.5) is 10.5 Å². The second kappa shape index (κ2) is 16.8. The molecule has 2 unspecified atom stereocenters. The van der Waals surface area contributed by atoms with E-state index in [9.17, 15) is 19.5 Å². The van der Waals surface area contributed by atoms with Crippen LogP contribution >= 0.6 is 12.6 Å². The van der Waals surface area contributed by atoms with Crippen LogP contribution in [-0.2, 0) is 14.3 Å². The number of amides is 3. The van der Waals surface area contributed by atoms with Crippen molar-refractivity contribution in [1.82, 2.24) is 10.2 Å². The Labute approximate surface area is 249 Å². The molecule has 0 aromatic heterocycles. The minimum Gasteiger partial charge on any atom is -0.508 e. The summed E-state index contributed by atoms with van der Waals surface area (Å²) in [4.78, 5) is 41.9. The van der Waals surface area contributed by atoms with Crippen molar-refractivity contribution >= 4 is 36.2 Å². The van der Waals surface area contributed by atoms with E-state index in [2.05, 4.69) is 30.2 Å². The van der Waals surface area contributed by atoms with E-state index in [1.165, 1.54) is 17.0 Å². The molecule has 2 aromatic carbocycles. The lowest BCUT2D eigenvalue weighted by molar-refractivity contribution is -0.140. The molecule has 9 nitrogen and oxygen atoms in total. The summed E-state index contributed by atoms with van der Waals surface area (Å²) in [5.74, 6) is -0.336. The summed E-state index contributed by atoms with van der Waals surface area (Å²) in [5, 5.41) is 15.8. The predicted octanol–water partition coefficient (Wildman–Crippen LogP) is 6.09. The number of hydrogen-bond donors (Lipinski definition) is 4. The van der Waals surface area contributed by atoms with Crippen LogP contribution in [0.5, 0.6) is 11.5 Å². The molecule has 226 valence electrons. The number of hydrogen-bond acceptors (Lipinski definition) is 7. The quantitative estimate of drug-likeness (QED) is 0.148. The highest BCUT2D eigenvalue weighted by molar-refractivity contribution is 7.80. The van der Waals surface area contributed by atoms with Crippen LogP contribution in [0, 0.1) is 0 Å². The first-order valence-electron chi connectivity index (χ1n) is 14.1. The molecule has 2 rings (SSSR count). The number of alkyl carbamates (subject to hydrolysis) is 1. The lowest BCUT2D eigenvalue weighted by Crippen LogP contribution is -2.53. The average Bonchev–Trinajstić information content (AvgIpc) is 2.92. The second-order valence-corrected chi connectivity index (χ2v) is 11.3. The van der Waals surface area contributed by atoms with Gasteiger partial charge in [-0.1, -0.05) is 51.2 Å². The van der Waals surface area contributed by atoms with Crippen molar-refractivity contribution in [3.63, 3.8) is 0 Å². The number of nitrogens with zero attached hydrogens (tertiary/aromatic N) is 1. The number of anilines is 1. The molecule has 3 N–H and O–H groups in total. The molecule has 0 aliphatic carbocycles. The number of phenols is 1. The smallest absolute Gasteiger partial charge is 0.408 e. The fraction of sp³-hybridized carbons (Fsp3) is 0.516. The van der Waals surface area contributed by atoms with Crippen LogP contribution in [0.15, 0.2) is 48.5 Å². The summed E-state index contributed by atoms with van der Waals surface area (Å²) in [7, 11) is 1.56. The van der Waals surface area contributed by atoms with Crippen LogP contribution in [0.1, 0.15) is 77.8 Å². The third-order valence-electron chi connectivity index (χ3n) is 6.31. The van der Waals surface area contributed by atoms with Gasteiger partial charge in [-0.25, -0.2) is 4.79 Å². The number of thiol groups is 1. The Morgan fingerprint density at radius 3 is 2.24 bits per heavy atom. The van der Waals surface area contributed by atoms with Gasteiger partial charge in [0.25, 0.3) is 5.91 Å². The number of nitrogens with one attached hydrogen (secondary N) is 2. The maximum atomic E-state index is 14.0. The van der Waals surface area contributed by atoms with Crippen molar-refractivity contribution < 1.29 is 29.0 Å². The number of phenolic OH excluding ortho intramolecular Hbond substituents is 1. The van der Waals surface area contributed by atoms with Gasteiger partial charge in [0, 0.05) is 18.0 Å². The molecule has 0 aliphatic heterocycles. The van der Waals surface area contributed by atoms with E-state index in [0.29, 0.717) is 23.4 Å². The zero-order valence-electron chi connectivity index (χ0n) is 24.8. The monoisotopic (exact) mass is 587 g/mol. The molecule has 10 heteroatoms. The average molecular weight is 588 g/mol. The van der Waals surface area contributed by atoms with Gasteiger partial charge < -0.3 is 30.1 Å². The van der Waals surface area contributed by atoms with Gasteiger partial charge in [-0.2, -0.15) is 12.6 Å². The van der Waals surface area contributed by atoms with E-state index >= 15 is 0 Å². The highest BCUT2D eigenvalue weighted by Gasteiger charge is 2.36. The molecule has 0 aliphatic rings. The zero-order chi connectivity index (χ0) is 30.4. The molecule has 0 radical (unpaired) electrons. The summed E-state index contributed by atoms with van der Waals surface area (Å²) >= 11 is 4.34. The van der Waals surface area contributed by atoms with Crippen molar-refractivity contribution in [2.75, 3.05) is 24.7 Å². The van der Waals surface area contributed by atoms with Gasteiger partial charge in [-0.3, -0.25) is 9.59 Å². The van der Waals surface area contributed by atoms with Gasteiger partial charge in [0.1, 0.15) is 29.2 Å². The van der Waals surface area contributed by atoms with Crippen molar-refractivity contribution in [2.24, 2.45) is 0 Å². The largest absolute Gasteiger partial charge is 0.508 e. The molecule has 3 amide bonds. The molecule has 0 fully saturated rings. The minimum atomic E-state index is -1.09. The number of aromatic hydroxyl groups is 1. The fourth-order valence-corrected chi connectivity index (χ4v) is 4.56. The Balaban J connectivity index is 2.43.